The van der Waals surface area contributed by atoms with Gasteiger partial charge in [-0.25, -0.2) is 4.39 Å². The van der Waals surface area contributed by atoms with Gasteiger partial charge in [-0.3, -0.25) is 0 Å². The molecule has 4 nitrogen and oxygen atoms in total. The molecule has 0 amide bonds. The number of aryl methyl sites for hydroxylation is 1. The van der Waals surface area contributed by atoms with Crippen LogP contribution in [0.1, 0.15) is 17.2 Å². The van der Waals surface area contributed by atoms with E-state index in [9.17, 15) is 4.39 Å². The van der Waals surface area contributed by atoms with E-state index in [0.717, 1.165) is 0 Å². The quantitative estimate of drug-likeness (QED) is 0.449. The number of azide groups is 1. The van der Waals surface area contributed by atoms with E-state index in [1.165, 1.54) is 6.07 Å². The van der Waals surface area contributed by atoms with Gasteiger partial charge in [0, 0.05) is 10.5 Å². The van der Waals surface area contributed by atoms with Crippen LogP contribution in [0.2, 0.25) is 0 Å². The molecule has 14 heavy (non-hydrogen) atoms. The second kappa shape index (κ2) is 4.60. The fourth-order valence-corrected chi connectivity index (χ4v) is 1.31. The number of hydrogen-bond donors (Lipinski definition) is 1. The summed E-state index contributed by atoms with van der Waals surface area (Å²) in [5.74, 6) is -0.462. The van der Waals surface area contributed by atoms with Gasteiger partial charge in [-0.1, -0.05) is 17.2 Å². The highest BCUT2D eigenvalue weighted by Gasteiger charge is 2.15. The fourth-order valence-electron chi connectivity index (χ4n) is 1.31. The normalized spacial score (nSPS) is 11.9. The lowest BCUT2D eigenvalue weighted by Crippen LogP contribution is -2.05. The van der Waals surface area contributed by atoms with Crippen LogP contribution < -0.4 is 0 Å². The SMILES string of the molecule is Cc1cccc(F)c1C(CO)N=[N+]=[N-]. The van der Waals surface area contributed by atoms with Crippen LogP contribution in [0.5, 0.6) is 0 Å². The number of hydrogen-bond acceptors (Lipinski definition) is 2. The first-order valence-electron chi connectivity index (χ1n) is 4.10. The van der Waals surface area contributed by atoms with Crippen LogP contribution in [0.25, 0.3) is 10.4 Å². The third kappa shape index (κ3) is 2.02. The number of nitrogens with zero attached hydrogens (tertiary/aromatic N) is 3. The van der Waals surface area contributed by atoms with Crippen molar-refractivity contribution in [3.63, 3.8) is 0 Å². The molecule has 0 bridgehead atoms. The van der Waals surface area contributed by atoms with E-state index < -0.39 is 18.5 Å². The summed E-state index contributed by atoms with van der Waals surface area (Å²) >= 11 is 0. The lowest BCUT2D eigenvalue weighted by molar-refractivity contribution is 0.265. The van der Waals surface area contributed by atoms with Gasteiger partial charge in [0.05, 0.1) is 12.6 Å². The van der Waals surface area contributed by atoms with Crippen LogP contribution >= 0.6 is 0 Å². The van der Waals surface area contributed by atoms with Gasteiger partial charge in [0.15, 0.2) is 0 Å². The van der Waals surface area contributed by atoms with Gasteiger partial charge >= 0.3 is 0 Å². The van der Waals surface area contributed by atoms with E-state index in [1.54, 1.807) is 19.1 Å². The Morgan fingerprint density at radius 3 is 2.86 bits per heavy atom. The Morgan fingerprint density at radius 1 is 1.64 bits per heavy atom. The summed E-state index contributed by atoms with van der Waals surface area (Å²) in [5, 5.41) is 12.3. The van der Waals surface area contributed by atoms with E-state index in [0.29, 0.717) is 5.56 Å². The largest absolute Gasteiger partial charge is 0.396 e. The minimum absolute atomic E-state index is 0.257. The second-order valence-electron chi connectivity index (χ2n) is 2.87. The average Bonchev–Trinajstić information content (AvgIpc) is 2.16. The number of benzene rings is 1. The lowest BCUT2D eigenvalue weighted by atomic mass is 10.0. The predicted octanol–water partition coefficient (Wildman–Crippen LogP) is 2.48. The monoisotopic (exact) mass is 195 g/mol. The Bertz CT molecular complexity index is 354. The zero-order valence-electron chi connectivity index (χ0n) is 7.68. The van der Waals surface area contributed by atoms with Crippen LogP contribution in [0.15, 0.2) is 23.3 Å². The van der Waals surface area contributed by atoms with Crippen molar-refractivity contribution in [2.45, 2.75) is 13.0 Å². The van der Waals surface area contributed by atoms with Crippen LogP contribution in [0, 0.1) is 12.7 Å². The highest BCUT2D eigenvalue weighted by atomic mass is 19.1. The first-order valence-corrected chi connectivity index (χ1v) is 4.10. The lowest BCUT2D eigenvalue weighted by Gasteiger charge is -2.11. The Balaban J connectivity index is 3.21. The number of aliphatic hydroxyl groups excluding tert-OH is 1. The topological polar surface area (TPSA) is 69.0 Å². The standard InChI is InChI=1S/C9H10FN3O/c1-6-3-2-4-7(10)9(6)8(5-14)12-13-11/h2-4,8,14H,5H2,1H3. The molecule has 0 radical (unpaired) electrons. The Kier molecular flexibility index (Phi) is 3.45. The van der Waals surface area contributed by atoms with E-state index in [2.05, 4.69) is 10.0 Å². The maximum Gasteiger partial charge on any atom is 0.127 e. The van der Waals surface area contributed by atoms with Crippen molar-refractivity contribution >= 4 is 0 Å². The van der Waals surface area contributed by atoms with Gasteiger partial charge in [0.1, 0.15) is 5.82 Å². The number of aliphatic hydroxyl groups is 1. The first-order chi connectivity index (χ1) is 6.70. The third-order valence-corrected chi connectivity index (χ3v) is 1.97. The van der Waals surface area contributed by atoms with Crippen LogP contribution in [-0.4, -0.2) is 11.7 Å². The van der Waals surface area contributed by atoms with Gasteiger partial charge in [0.2, 0.25) is 0 Å². The molecule has 5 heteroatoms. The minimum atomic E-state index is -0.846. The van der Waals surface area contributed by atoms with E-state index in [1.807, 2.05) is 0 Å². The molecule has 0 aliphatic rings. The zero-order valence-corrected chi connectivity index (χ0v) is 7.68. The summed E-state index contributed by atoms with van der Waals surface area (Å²) in [6.07, 6.45) is 0. The first kappa shape index (κ1) is 10.5. The van der Waals surface area contributed by atoms with E-state index >= 15 is 0 Å². The van der Waals surface area contributed by atoms with E-state index in [-0.39, 0.29) is 5.56 Å². The molecule has 1 unspecified atom stereocenters. The van der Waals surface area contributed by atoms with Crippen molar-refractivity contribution in [1.82, 2.24) is 0 Å². The Morgan fingerprint density at radius 2 is 2.36 bits per heavy atom. The molecule has 1 aromatic carbocycles. The second-order valence-corrected chi connectivity index (χ2v) is 2.87. The molecule has 0 spiro atoms. The molecule has 1 atom stereocenters. The highest BCUT2D eigenvalue weighted by Crippen LogP contribution is 2.23. The molecule has 0 aliphatic heterocycles. The highest BCUT2D eigenvalue weighted by molar-refractivity contribution is 5.30. The minimum Gasteiger partial charge on any atom is -0.396 e. The molecule has 0 saturated carbocycles. The summed E-state index contributed by atoms with van der Waals surface area (Å²) in [6, 6.07) is 3.70. The maximum absolute atomic E-state index is 13.3. The summed E-state index contributed by atoms with van der Waals surface area (Å²) in [7, 11) is 0. The van der Waals surface area contributed by atoms with Gasteiger partial charge in [-0.05, 0) is 24.1 Å². The molecule has 1 rings (SSSR count). The van der Waals surface area contributed by atoms with E-state index in [4.69, 9.17) is 10.6 Å². The van der Waals surface area contributed by atoms with Gasteiger partial charge in [0.25, 0.3) is 0 Å². The molecular weight excluding hydrogens is 185 g/mol. The Hall–Kier alpha value is -1.58. The average molecular weight is 195 g/mol. The number of halogens is 1. The fraction of sp³-hybridized carbons (Fsp3) is 0.333. The Labute approximate surface area is 80.6 Å². The summed E-state index contributed by atoms with van der Waals surface area (Å²) in [5.41, 5.74) is 9.16. The molecule has 1 aromatic rings. The molecule has 0 saturated heterocycles. The van der Waals surface area contributed by atoms with Gasteiger partial charge < -0.3 is 5.11 Å². The van der Waals surface area contributed by atoms with Crippen molar-refractivity contribution in [3.05, 3.63) is 45.6 Å². The van der Waals surface area contributed by atoms with Crippen molar-refractivity contribution in [2.75, 3.05) is 6.61 Å². The molecule has 0 fully saturated rings. The summed E-state index contributed by atoms with van der Waals surface area (Å²) in [6.45, 7) is 1.31. The molecule has 0 aromatic heterocycles. The van der Waals surface area contributed by atoms with Gasteiger partial charge in [-0.15, -0.1) is 0 Å². The smallest absolute Gasteiger partial charge is 0.127 e. The van der Waals surface area contributed by atoms with Gasteiger partial charge in [-0.2, -0.15) is 0 Å². The molecular formula is C9H10FN3O. The van der Waals surface area contributed by atoms with Crippen LogP contribution in [0.4, 0.5) is 4.39 Å². The summed E-state index contributed by atoms with van der Waals surface area (Å²) in [4.78, 5) is 2.56. The molecule has 0 aliphatic carbocycles. The van der Waals surface area contributed by atoms with Crippen LogP contribution in [-0.2, 0) is 0 Å². The van der Waals surface area contributed by atoms with Crippen molar-refractivity contribution < 1.29 is 9.50 Å². The maximum atomic E-state index is 13.3. The number of rotatable bonds is 3. The van der Waals surface area contributed by atoms with Crippen molar-refractivity contribution in [2.24, 2.45) is 5.11 Å². The van der Waals surface area contributed by atoms with Crippen LogP contribution in [0.3, 0.4) is 0 Å². The molecule has 74 valence electrons. The molecule has 1 N–H and O–H groups in total. The van der Waals surface area contributed by atoms with Crippen molar-refractivity contribution in [1.29, 1.82) is 0 Å². The zero-order chi connectivity index (χ0) is 10.6. The van der Waals surface area contributed by atoms with Crippen molar-refractivity contribution in [3.8, 4) is 0 Å². The molecule has 0 heterocycles. The summed E-state index contributed by atoms with van der Waals surface area (Å²) < 4.78 is 13.3. The third-order valence-electron chi connectivity index (χ3n) is 1.97. The predicted molar refractivity (Wildman–Crippen MR) is 50.1 cm³/mol.